The molecule has 0 aliphatic heterocycles. The Bertz CT molecular complexity index is 368. The summed E-state index contributed by atoms with van der Waals surface area (Å²) < 4.78 is 0. The number of amides is 2. The summed E-state index contributed by atoms with van der Waals surface area (Å²) in [6.45, 7) is 1.81. The fourth-order valence-corrected chi connectivity index (χ4v) is 1.60. The number of carbonyl (C=O) groups is 2. The summed E-state index contributed by atoms with van der Waals surface area (Å²) in [5, 5.41) is 5.15. The predicted octanol–water partition coefficient (Wildman–Crippen LogP) is 1.16. The Balaban J connectivity index is 2.38. The van der Waals surface area contributed by atoms with E-state index in [1.54, 1.807) is 0 Å². The van der Waals surface area contributed by atoms with Crippen LogP contribution in [-0.2, 0) is 16.1 Å². The van der Waals surface area contributed by atoms with Crippen LogP contribution in [0.5, 0.6) is 0 Å². The average Bonchev–Trinajstić information content (AvgIpc) is 2.26. The molecule has 0 radical (unpaired) electrons. The molecule has 2 amide bonds. The summed E-state index contributed by atoms with van der Waals surface area (Å²) in [4.78, 5) is 21.5. The molecule has 5 heteroatoms. The molecule has 1 aromatic carbocycles. The summed E-state index contributed by atoms with van der Waals surface area (Å²) in [5.41, 5.74) is 1.01. The number of nitrogens with one attached hydrogen (secondary N) is 2. The maximum Gasteiger partial charge on any atom is 0.253 e. The highest BCUT2D eigenvalue weighted by Crippen LogP contribution is 1.99. The van der Waals surface area contributed by atoms with Crippen LogP contribution < -0.4 is 10.6 Å². The Hall–Kier alpha value is -1.36. The summed E-state index contributed by atoms with van der Waals surface area (Å²) in [6.07, 6.45) is 0. The Kier molecular flexibility index (Phi) is 4.98. The van der Waals surface area contributed by atoms with E-state index in [0.29, 0.717) is 6.54 Å². The predicted molar refractivity (Wildman–Crippen MR) is 64.8 cm³/mol. The van der Waals surface area contributed by atoms with E-state index >= 15 is 0 Å². The third kappa shape index (κ3) is 4.44. The molecule has 0 bridgehead atoms. The molecule has 1 rings (SSSR count). The monoisotopic (exact) mass is 284 g/mol. The Morgan fingerprint density at radius 1 is 1.31 bits per heavy atom. The molecule has 2 N–H and O–H groups in total. The number of carbonyl (C=O) groups excluding carboxylic acids is 2. The zero-order valence-corrected chi connectivity index (χ0v) is 10.5. The van der Waals surface area contributed by atoms with Gasteiger partial charge in [-0.2, -0.15) is 0 Å². The Morgan fingerprint density at radius 3 is 2.50 bits per heavy atom. The standard InChI is InChI=1S/C11H13BrN2O2/c1-8(15)14-10(12)11(16)13-7-9-5-3-2-4-6-9/h2-6,10H,7H2,1H3,(H,13,16)(H,14,15)/t10-/m1/s1. The van der Waals surface area contributed by atoms with Gasteiger partial charge in [0, 0.05) is 13.5 Å². The lowest BCUT2D eigenvalue weighted by Gasteiger charge is -2.11. The van der Waals surface area contributed by atoms with Gasteiger partial charge in [-0.05, 0) is 5.56 Å². The molecule has 0 fully saturated rings. The van der Waals surface area contributed by atoms with Crippen molar-refractivity contribution in [3.05, 3.63) is 35.9 Å². The van der Waals surface area contributed by atoms with Gasteiger partial charge in [-0.1, -0.05) is 46.3 Å². The fraction of sp³-hybridized carbons (Fsp3) is 0.273. The Morgan fingerprint density at radius 2 is 1.94 bits per heavy atom. The fourth-order valence-electron chi connectivity index (χ4n) is 1.12. The summed E-state index contributed by atoms with van der Waals surface area (Å²) in [7, 11) is 0. The van der Waals surface area contributed by atoms with Crippen molar-refractivity contribution in [2.45, 2.75) is 18.4 Å². The van der Waals surface area contributed by atoms with Gasteiger partial charge in [0.05, 0.1) is 0 Å². The second-order valence-corrected chi connectivity index (χ2v) is 4.18. The van der Waals surface area contributed by atoms with E-state index in [9.17, 15) is 9.59 Å². The third-order valence-electron chi connectivity index (χ3n) is 1.87. The largest absolute Gasteiger partial charge is 0.349 e. The number of hydrogen-bond donors (Lipinski definition) is 2. The normalized spacial score (nSPS) is 11.6. The van der Waals surface area contributed by atoms with Crippen molar-refractivity contribution in [3.63, 3.8) is 0 Å². The quantitative estimate of drug-likeness (QED) is 0.644. The molecule has 4 nitrogen and oxygen atoms in total. The van der Waals surface area contributed by atoms with Crippen molar-refractivity contribution in [2.24, 2.45) is 0 Å². The average molecular weight is 285 g/mol. The van der Waals surface area contributed by atoms with Crippen LogP contribution in [0.2, 0.25) is 0 Å². The zero-order chi connectivity index (χ0) is 12.0. The van der Waals surface area contributed by atoms with E-state index in [2.05, 4.69) is 26.6 Å². The summed E-state index contributed by atoms with van der Waals surface area (Å²) >= 11 is 3.07. The van der Waals surface area contributed by atoms with E-state index < -0.39 is 4.95 Å². The van der Waals surface area contributed by atoms with Crippen molar-refractivity contribution in [1.29, 1.82) is 0 Å². The van der Waals surface area contributed by atoms with Gasteiger partial charge in [0.15, 0.2) is 4.95 Å². The van der Waals surface area contributed by atoms with Crippen molar-refractivity contribution < 1.29 is 9.59 Å². The lowest BCUT2D eigenvalue weighted by Crippen LogP contribution is -2.41. The van der Waals surface area contributed by atoms with Crippen LogP contribution in [0.25, 0.3) is 0 Å². The zero-order valence-electron chi connectivity index (χ0n) is 8.87. The van der Waals surface area contributed by atoms with Gasteiger partial charge in [0.2, 0.25) is 5.91 Å². The maximum absolute atomic E-state index is 11.5. The van der Waals surface area contributed by atoms with Crippen LogP contribution in [0.15, 0.2) is 30.3 Å². The molecule has 0 aromatic heterocycles. The van der Waals surface area contributed by atoms with Crippen molar-refractivity contribution in [1.82, 2.24) is 10.6 Å². The van der Waals surface area contributed by atoms with Gasteiger partial charge < -0.3 is 10.6 Å². The smallest absolute Gasteiger partial charge is 0.253 e. The third-order valence-corrected chi connectivity index (χ3v) is 2.51. The van der Waals surface area contributed by atoms with E-state index in [0.717, 1.165) is 5.56 Å². The van der Waals surface area contributed by atoms with E-state index in [1.807, 2.05) is 30.3 Å². The first-order valence-corrected chi connectivity index (χ1v) is 5.74. The van der Waals surface area contributed by atoms with Crippen LogP contribution in [0.3, 0.4) is 0 Å². The SMILES string of the molecule is CC(=O)N[C@@H](Br)C(=O)NCc1ccccc1. The molecule has 0 saturated carbocycles. The molecule has 0 unspecified atom stereocenters. The molecule has 0 spiro atoms. The number of hydrogen-bond acceptors (Lipinski definition) is 2. The van der Waals surface area contributed by atoms with Gasteiger partial charge in [-0.15, -0.1) is 0 Å². The van der Waals surface area contributed by atoms with Crippen LogP contribution in [-0.4, -0.2) is 16.8 Å². The van der Waals surface area contributed by atoms with Gasteiger partial charge in [0.1, 0.15) is 0 Å². The summed E-state index contributed by atoms with van der Waals surface area (Å²) in [6, 6.07) is 9.56. The van der Waals surface area contributed by atoms with Gasteiger partial charge >= 0.3 is 0 Å². The molecule has 0 heterocycles. The first kappa shape index (κ1) is 12.7. The Labute approximate surface area is 103 Å². The highest BCUT2D eigenvalue weighted by Gasteiger charge is 2.14. The minimum Gasteiger partial charge on any atom is -0.349 e. The van der Waals surface area contributed by atoms with Crippen molar-refractivity contribution in [2.75, 3.05) is 0 Å². The second kappa shape index (κ2) is 6.27. The van der Waals surface area contributed by atoms with Gasteiger partial charge in [-0.3, -0.25) is 9.59 Å². The number of benzene rings is 1. The van der Waals surface area contributed by atoms with E-state index in [-0.39, 0.29) is 11.8 Å². The van der Waals surface area contributed by atoms with Crippen molar-refractivity contribution in [3.8, 4) is 0 Å². The van der Waals surface area contributed by atoms with Crippen LogP contribution in [0, 0.1) is 0 Å². The highest BCUT2D eigenvalue weighted by molar-refractivity contribution is 9.10. The lowest BCUT2D eigenvalue weighted by atomic mass is 10.2. The molecule has 1 atom stereocenters. The molecule has 86 valence electrons. The first-order chi connectivity index (χ1) is 7.59. The lowest BCUT2D eigenvalue weighted by molar-refractivity contribution is -0.125. The number of halogens is 1. The van der Waals surface area contributed by atoms with Gasteiger partial charge in [0.25, 0.3) is 5.91 Å². The van der Waals surface area contributed by atoms with E-state index in [1.165, 1.54) is 6.92 Å². The molecule has 16 heavy (non-hydrogen) atoms. The molecule has 0 saturated heterocycles. The molecule has 0 aliphatic carbocycles. The van der Waals surface area contributed by atoms with Gasteiger partial charge in [-0.25, -0.2) is 0 Å². The maximum atomic E-state index is 11.5. The molecule has 0 aliphatic rings. The minimum atomic E-state index is -0.686. The first-order valence-electron chi connectivity index (χ1n) is 4.82. The van der Waals surface area contributed by atoms with Crippen LogP contribution in [0.4, 0.5) is 0 Å². The van der Waals surface area contributed by atoms with Crippen LogP contribution >= 0.6 is 15.9 Å². The molecular weight excluding hydrogens is 272 g/mol. The summed E-state index contributed by atoms with van der Waals surface area (Å²) in [5.74, 6) is -0.518. The number of alkyl halides is 1. The highest BCUT2D eigenvalue weighted by atomic mass is 79.9. The molecule has 1 aromatic rings. The number of rotatable bonds is 4. The topological polar surface area (TPSA) is 58.2 Å². The van der Waals surface area contributed by atoms with E-state index in [4.69, 9.17) is 0 Å². The van der Waals surface area contributed by atoms with Crippen molar-refractivity contribution >= 4 is 27.7 Å². The molecular formula is C11H13BrN2O2. The second-order valence-electron chi connectivity index (χ2n) is 3.27. The van der Waals surface area contributed by atoms with Crippen LogP contribution in [0.1, 0.15) is 12.5 Å². The minimum absolute atomic E-state index is 0.253.